The van der Waals surface area contributed by atoms with Crippen molar-refractivity contribution in [1.82, 2.24) is 0 Å². The van der Waals surface area contributed by atoms with Crippen LogP contribution in [0.3, 0.4) is 0 Å². The van der Waals surface area contributed by atoms with Gasteiger partial charge in [0.2, 0.25) is 5.91 Å². The third kappa shape index (κ3) is 3.75. The van der Waals surface area contributed by atoms with E-state index in [1.165, 1.54) is 19.2 Å². The lowest BCUT2D eigenvalue weighted by molar-refractivity contribution is -0.121. The Bertz CT molecular complexity index is 603. The lowest BCUT2D eigenvalue weighted by Gasteiger charge is -2.30. The molecule has 0 radical (unpaired) electrons. The van der Waals surface area contributed by atoms with Crippen LogP contribution in [0.15, 0.2) is 12.1 Å². The minimum atomic E-state index is -1.31. The number of ether oxygens (including phenoxy) is 1. The van der Waals surface area contributed by atoms with E-state index in [-0.39, 0.29) is 28.8 Å². The molecule has 0 heterocycles. The number of anilines is 1. The molecule has 0 aliphatic heterocycles. The predicted octanol–water partition coefficient (Wildman–Crippen LogP) is 3.11. The number of hydrogen-bond acceptors (Lipinski definition) is 4. The third-order valence-electron chi connectivity index (χ3n) is 4.38. The molecule has 0 aromatic heterocycles. The van der Waals surface area contributed by atoms with E-state index in [9.17, 15) is 19.8 Å². The highest BCUT2D eigenvalue weighted by molar-refractivity contribution is 6.00. The summed E-state index contributed by atoms with van der Waals surface area (Å²) in [5.74, 6) is -1.09. The number of aromatic hydroxyl groups is 1. The van der Waals surface area contributed by atoms with Crippen molar-refractivity contribution in [1.29, 1.82) is 0 Å². The van der Waals surface area contributed by atoms with E-state index in [2.05, 4.69) is 19.2 Å². The molecule has 6 nitrogen and oxygen atoms in total. The molecule has 2 rings (SSSR count). The van der Waals surface area contributed by atoms with E-state index < -0.39 is 11.7 Å². The maximum absolute atomic E-state index is 12.4. The maximum Gasteiger partial charge on any atom is 0.343 e. The summed E-state index contributed by atoms with van der Waals surface area (Å²) in [4.78, 5) is 23.7. The number of rotatable bonds is 4. The number of hydrogen-bond donors (Lipinski definition) is 3. The van der Waals surface area contributed by atoms with Gasteiger partial charge in [0.05, 0.1) is 12.8 Å². The highest BCUT2D eigenvalue weighted by atomic mass is 16.5. The molecule has 0 bridgehead atoms. The summed E-state index contributed by atoms with van der Waals surface area (Å²) in [6, 6.07) is 2.87. The largest absolute Gasteiger partial charge is 0.505 e. The molecule has 1 amide bonds. The fraction of sp³-hybridized carbons (Fsp3) is 0.529. The summed E-state index contributed by atoms with van der Waals surface area (Å²) in [5, 5.41) is 22.0. The zero-order valence-corrected chi connectivity index (χ0v) is 13.6. The number of aromatic carboxylic acids is 1. The van der Waals surface area contributed by atoms with Crippen LogP contribution in [0.4, 0.5) is 5.69 Å². The van der Waals surface area contributed by atoms with Gasteiger partial charge in [-0.3, -0.25) is 4.79 Å². The van der Waals surface area contributed by atoms with Crippen molar-refractivity contribution in [3.63, 3.8) is 0 Å². The lowest BCUT2D eigenvalue weighted by Crippen LogP contribution is -2.30. The molecule has 1 aliphatic rings. The number of carbonyl (C=O) groups is 2. The fourth-order valence-electron chi connectivity index (χ4n) is 3.45. The third-order valence-corrected chi connectivity index (χ3v) is 4.38. The van der Waals surface area contributed by atoms with Crippen LogP contribution in [0.2, 0.25) is 0 Å². The Labute approximate surface area is 135 Å². The van der Waals surface area contributed by atoms with Crippen molar-refractivity contribution >= 4 is 17.6 Å². The van der Waals surface area contributed by atoms with Crippen LogP contribution in [0.5, 0.6) is 11.5 Å². The molecule has 1 aliphatic carbocycles. The monoisotopic (exact) mass is 321 g/mol. The Hall–Kier alpha value is -2.24. The van der Waals surface area contributed by atoms with Crippen LogP contribution in [0.25, 0.3) is 0 Å². The van der Waals surface area contributed by atoms with Crippen LogP contribution in [0.1, 0.15) is 43.5 Å². The highest BCUT2D eigenvalue weighted by Gasteiger charge is 2.30. The summed E-state index contributed by atoms with van der Waals surface area (Å²) < 4.78 is 4.94. The van der Waals surface area contributed by atoms with Gasteiger partial charge < -0.3 is 20.3 Å². The number of carboxylic acids is 1. The zero-order valence-electron chi connectivity index (χ0n) is 13.6. The molecule has 1 fully saturated rings. The second-order valence-corrected chi connectivity index (χ2v) is 6.45. The van der Waals surface area contributed by atoms with E-state index in [4.69, 9.17) is 4.74 Å². The second-order valence-electron chi connectivity index (χ2n) is 6.45. The molecule has 6 heteroatoms. The first-order chi connectivity index (χ1) is 10.8. The smallest absolute Gasteiger partial charge is 0.343 e. The molecule has 0 saturated heterocycles. The van der Waals surface area contributed by atoms with E-state index in [0.717, 1.165) is 19.3 Å². The van der Waals surface area contributed by atoms with Gasteiger partial charge in [-0.05, 0) is 43.2 Å². The number of carboxylic acid groups (broad SMARTS) is 1. The summed E-state index contributed by atoms with van der Waals surface area (Å²) in [6.45, 7) is 4.26. The summed E-state index contributed by atoms with van der Waals surface area (Å²) in [6.07, 6.45) is 2.72. The molecule has 1 aromatic carbocycles. The van der Waals surface area contributed by atoms with Gasteiger partial charge in [-0.15, -0.1) is 0 Å². The Morgan fingerprint density at radius 2 is 1.78 bits per heavy atom. The van der Waals surface area contributed by atoms with Crippen molar-refractivity contribution < 1.29 is 24.5 Å². The highest BCUT2D eigenvalue weighted by Crippen LogP contribution is 2.37. The molecule has 126 valence electrons. The topological polar surface area (TPSA) is 95.9 Å². The van der Waals surface area contributed by atoms with Gasteiger partial charge in [-0.25, -0.2) is 4.79 Å². The number of benzene rings is 1. The van der Waals surface area contributed by atoms with Crippen molar-refractivity contribution in [2.24, 2.45) is 17.8 Å². The standard InChI is InChI=1S/C17H23NO5/c1-9-6-10(2)8-11(7-9)16(20)18-12-4-5-13(23-3)14(15(12)19)17(21)22/h4-5,9-11,19H,6-8H2,1-3H3,(H,18,20)(H,21,22). The van der Waals surface area contributed by atoms with E-state index >= 15 is 0 Å². The van der Waals surface area contributed by atoms with E-state index in [0.29, 0.717) is 11.8 Å². The average molecular weight is 321 g/mol. The first-order valence-electron chi connectivity index (χ1n) is 7.77. The molecule has 23 heavy (non-hydrogen) atoms. The van der Waals surface area contributed by atoms with Crippen molar-refractivity contribution in [2.75, 3.05) is 12.4 Å². The van der Waals surface area contributed by atoms with Crippen molar-refractivity contribution in [2.45, 2.75) is 33.1 Å². The Balaban J connectivity index is 2.21. The molecule has 1 saturated carbocycles. The van der Waals surface area contributed by atoms with Gasteiger partial charge in [0.25, 0.3) is 0 Å². The summed E-state index contributed by atoms with van der Waals surface area (Å²) in [7, 11) is 1.32. The molecule has 2 unspecified atom stereocenters. The summed E-state index contributed by atoms with van der Waals surface area (Å²) >= 11 is 0. The van der Waals surface area contributed by atoms with Gasteiger partial charge in [-0.2, -0.15) is 0 Å². The van der Waals surface area contributed by atoms with Crippen LogP contribution in [-0.2, 0) is 4.79 Å². The van der Waals surface area contributed by atoms with Crippen LogP contribution >= 0.6 is 0 Å². The number of carbonyl (C=O) groups excluding carboxylic acids is 1. The summed E-state index contributed by atoms with van der Waals surface area (Å²) in [5.41, 5.74) is -0.255. The fourth-order valence-corrected chi connectivity index (χ4v) is 3.45. The normalized spacial score (nSPS) is 24.0. The number of nitrogens with one attached hydrogen (secondary N) is 1. The second kappa shape index (κ2) is 6.89. The Morgan fingerprint density at radius 3 is 2.30 bits per heavy atom. The number of methoxy groups -OCH3 is 1. The minimum Gasteiger partial charge on any atom is -0.505 e. The molecule has 3 N–H and O–H groups in total. The number of amides is 1. The van der Waals surface area contributed by atoms with E-state index in [1.54, 1.807) is 0 Å². The van der Waals surface area contributed by atoms with Gasteiger partial charge in [0, 0.05) is 5.92 Å². The van der Waals surface area contributed by atoms with Crippen LogP contribution in [0, 0.1) is 17.8 Å². The predicted molar refractivity (Wildman–Crippen MR) is 85.9 cm³/mol. The molecule has 2 atom stereocenters. The van der Waals surface area contributed by atoms with Crippen LogP contribution < -0.4 is 10.1 Å². The number of phenols is 1. The minimum absolute atomic E-state index is 0.0490. The maximum atomic E-state index is 12.4. The van der Waals surface area contributed by atoms with Gasteiger partial charge in [0.15, 0.2) is 5.75 Å². The molecular formula is C17H23NO5. The van der Waals surface area contributed by atoms with Gasteiger partial charge in [0.1, 0.15) is 11.3 Å². The SMILES string of the molecule is COc1ccc(NC(=O)C2CC(C)CC(C)C2)c(O)c1C(=O)O. The van der Waals surface area contributed by atoms with Crippen molar-refractivity contribution in [3.8, 4) is 11.5 Å². The van der Waals surface area contributed by atoms with Gasteiger partial charge >= 0.3 is 5.97 Å². The average Bonchev–Trinajstić information content (AvgIpc) is 2.47. The molecular weight excluding hydrogens is 298 g/mol. The lowest BCUT2D eigenvalue weighted by atomic mass is 9.76. The Morgan fingerprint density at radius 1 is 1.17 bits per heavy atom. The zero-order chi connectivity index (χ0) is 17.1. The van der Waals surface area contributed by atoms with Crippen LogP contribution in [-0.4, -0.2) is 29.2 Å². The van der Waals surface area contributed by atoms with Gasteiger partial charge in [-0.1, -0.05) is 13.8 Å². The first kappa shape index (κ1) is 17.1. The molecule has 0 spiro atoms. The van der Waals surface area contributed by atoms with Crippen molar-refractivity contribution in [3.05, 3.63) is 17.7 Å². The first-order valence-corrected chi connectivity index (χ1v) is 7.77. The molecule has 1 aromatic rings. The quantitative estimate of drug-likeness (QED) is 0.741. The Kier molecular flexibility index (Phi) is 5.13. The van der Waals surface area contributed by atoms with E-state index in [1.807, 2.05) is 0 Å².